The summed E-state index contributed by atoms with van der Waals surface area (Å²) in [6, 6.07) is 0. The summed E-state index contributed by atoms with van der Waals surface area (Å²) in [6.07, 6.45) is -3.36. The number of nitrogens with zero attached hydrogens (tertiary/aromatic N) is 2. The summed E-state index contributed by atoms with van der Waals surface area (Å²) < 4.78 is 11.7. The molecule has 10 nitrogen and oxygen atoms in total. The number of hydrogen-bond donors (Lipinski definition) is 5. The molecule has 2 rings (SSSR count). The Balaban J connectivity index is 2.21. The molecule has 0 amide bonds. The molecule has 0 spiro atoms. The van der Waals surface area contributed by atoms with Gasteiger partial charge in [-0.05, 0) is 22.6 Å². The number of hydrogen-bond acceptors (Lipinski definition) is 9. The number of anilines is 1. The third kappa shape index (κ3) is 3.68. The maximum Gasteiger partial charge on any atom is 0.351 e. The molecule has 21 heavy (non-hydrogen) atoms. The van der Waals surface area contributed by atoms with Gasteiger partial charge in [0.1, 0.15) is 24.1 Å². The number of nitrogens with two attached hydrogens (primary N) is 2. The Labute approximate surface area is 133 Å². The van der Waals surface area contributed by atoms with Gasteiger partial charge in [0.15, 0.2) is 6.23 Å². The van der Waals surface area contributed by atoms with Crippen LogP contribution in [-0.2, 0) is 9.26 Å². The number of aliphatic hydroxyl groups excluding tert-OH is 2. The highest BCUT2D eigenvalue weighted by atomic mass is 127. The first-order valence-electron chi connectivity index (χ1n) is 5.73. The van der Waals surface area contributed by atoms with Gasteiger partial charge in [0.25, 0.3) is 0 Å². The first-order valence-corrected chi connectivity index (χ1v) is 8.09. The number of aromatic nitrogens is 2. The molecule has 2 heterocycles. The number of aliphatic hydroxyl groups is 2. The molecule has 7 N–H and O–H groups in total. The van der Waals surface area contributed by atoms with E-state index in [0.29, 0.717) is 3.57 Å². The largest absolute Gasteiger partial charge is 0.387 e. The minimum absolute atomic E-state index is 0.0684. The Morgan fingerprint density at radius 1 is 1.52 bits per heavy atom. The lowest BCUT2D eigenvalue weighted by Gasteiger charge is -2.17. The van der Waals surface area contributed by atoms with Crippen LogP contribution in [0.1, 0.15) is 6.23 Å². The third-order valence-electron chi connectivity index (χ3n) is 2.92. The van der Waals surface area contributed by atoms with Crippen LogP contribution in [0.3, 0.4) is 0 Å². The summed E-state index contributed by atoms with van der Waals surface area (Å²) in [7, 11) is -2.11. The van der Waals surface area contributed by atoms with Gasteiger partial charge in [-0.3, -0.25) is 10.1 Å². The molecule has 118 valence electrons. The van der Waals surface area contributed by atoms with Crippen LogP contribution in [0.2, 0.25) is 0 Å². The highest BCUT2D eigenvalue weighted by Gasteiger charge is 2.44. The molecule has 1 saturated heterocycles. The second-order valence-electron chi connectivity index (χ2n) is 4.31. The molecule has 0 radical (unpaired) electrons. The fourth-order valence-electron chi connectivity index (χ4n) is 1.89. The quantitative estimate of drug-likeness (QED) is 0.274. The zero-order valence-corrected chi connectivity index (χ0v) is 13.6. The fourth-order valence-corrected chi connectivity index (χ4v) is 2.61. The maximum absolute atomic E-state index is 11.8. The lowest BCUT2D eigenvalue weighted by molar-refractivity contribution is -0.0514. The monoisotopic (exact) mass is 432 g/mol. The van der Waals surface area contributed by atoms with E-state index in [1.165, 1.54) is 6.20 Å². The van der Waals surface area contributed by atoms with Gasteiger partial charge < -0.3 is 30.1 Å². The van der Waals surface area contributed by atoms with E-state index in [0.717, 1.165) is 4.57 Å². The van der Waals surface area contributed by atoms with Crippen LogP contribution in [0.4, 0.5) is 5.82 Å². The summed E-state index contributed by atoms with van der Waals surface area (Å²) in [4.78, 5) is 24.3. The minimum Gasteiger partial charge on any atom is -0.387 e. The summed E-state index contributed by atoms with van der Waals surface area (Å²) in [5, 5.41) is 19.9. The molecule has 1 fully saturated rings. The van der Waals surface area contributed by atoms with Crippen LogP contribution in [0.5, 0.6) is 0 Å². The van der Waals surface area contributed by atoms with E-state index < -0.39 is 38.8 Å². The summed E-state index contributed by atoms with van der Waals surface area (Å²) in [5.41, 5.74) is 9.88. The van der Waals surface area contributed by atoms with Crippen molar-refractivity contribution in [3.63, 3.8) is 0 Å². The number of rotatable bonds is 4. The molecule has 0 saturated carbocycles. The predicted molar refractivity (Wildman–Crippen MR) is 80.8 cm³/mol. The van der Waals surface area contributed by atoms with E-state index >= 15 is 0 Å². The Morgan fingerprint density at radius 2 is 2.19 bits per heavy atom. The molecule has 0 aliphatic carbocycles. The molecule has 0 bridgehead atoms. The Morgan fingerprint density at radius 3 is 2.81 bits per heavy atom. The van der Waals surface area contributed by atoms with Crippen molar-refractivity contribution in [1.82, 2.24) is 9.55 Å². The zero-order chi connectivity index (χ0) is 15.7. The topological polar surface area (TPSA) is 166 Å². The number of ether oxygens (including phenoxy) is 1. The molecule has 1 aromatic rings. The van der Waals surface area contributed by atoms with E-state index in [1.807, 2.05) is 22.6 Å². The van der Waals surface area contributed by atoms with Crippen molar-refractivity contribution in [2.75, 3.05) is 12.3 Å². The molecular weight excluding hydrogens is 418 g/mol. The van der Waals surface area contributed by atoms with Crippen molar-refractivity contribution in [2.24, 2.45) is 5.50 Å². The van der Waals surface area contributed by atoms with Crippen molar-refractivity contribution < 1.29 is 24.4 Å². The van der Waals surface area contributed by atoms with Gasteiger partial charge in [-0.25, -0.2) is 4.79 Å². The lowest BCUT2D eigenvalue weighted by Crippen LogP contribution is -2.36. The third-order valence-corrected chi connectivity index (χ3v) is 4.16. The van der Waals surface area contributed by atoms with Crippen molar-refractivity contribution in [3.8, 4) is 0 Å². The molecular formula is C9H14IN4O6P. The van der Waals surface area contributed by atoms with E-state index in [1.54, 1.807) is 0 Å². The second-order valence-corrected chi connectivity index (χ2v) is 6.33. The summed E-state index contributed by atoms with van der Waals surface area (Å²) in [6.45, 7) is -0.221. The Bertz CT molecular complexity index is 572. The zero-order valence-electron chi connectivity index (χ0n) is 10.5. The van der Waals surface area contributed by atoms with E-state index in [4.69, 9.17) is 25.4 Å². The maximum atomic E-state index is 11.8. The Kier molecular flexibility index (Phi) is 5.48. The summed E-state index contributed by atoms with van der Waals surface area (Å²) in [5.74, 6) is 0.0684. The summed E-state index contributed by atoms with van der Waals surface area (Å²) >= 11 is 1.88. The van der Waals surface area contributed by atoms with Crippen LogP contribution in [0.25, 0.3) is 0 Å². The van der Waals surface area contributed by atoms with Gasteiger partial charge in [0.05, 0.1) is 10.2 Å². The van der Waals surface area contributed by atoms with Crippen molar-refractivity contribution in [3.05, 3.63) is 20.3 Å². The van der Waals surface area contributed by atoms with Gasteiger partial charge in [-0.15, -0.1) is 0 Å². The first kappa shape index (κ1) is 17.0. The van der Waals surface area contributed by atoms with E-state index in [-0.39, 0.29) is 12.4 Å². The van der Waals surface area contributed by atoms with Gasteiger partial charge in [0, 0.05) is 6.20 Å². The lowest BCUT2D eigenvalue weighted by atomic mass is 10.1. The van der Waals surface area contributed by atoms with E-state index in [9.17, 15) is 15.0 Å². The molecule has 1 unspecified atom stereocenters. The fraction of sp³-hybridized carbons (Fsp3) is 0.556. The molecule has 1 aliphatic heterocycles. The SMILES string of the molecule is Nc1nc(=O)n([C@@H]2O[C@H](COP(N)O)[C@@H](O)[C@H]2O)cc1I. The first-order chi connectivity index (χ1) is 9.81. The van der Waals surface area contributed by atoms with Gasteiger partial charge >= 0.3 is 5.69 Å². The van der Waals surface area contributed by atoms with Gasteiger partial charge in [-0.2, -0.15) is 4.98 Å². The second kappa shape index (κ2) is 6.79. The average molecular weight is 432 g/mol. The molecule has 5 atom stereocenters. The minimum atomic E-state index is -2.11. The van der Waals surface area contributed by atoms with Crippen LogP contribution in [-0.4, -0.2) is 49.6 Å². The highest BCUT2D eigenvalue weighted by molar-refractivity contribution is 14.1. The molecule has 1 aromatic heterocycles. The highest BCUT2D eigenvalue weighted by Crippen LogP contribution is 2.31. The number of nitrogen functional groups attached to an aromatic ring is 1. The van der Waals surface area contributed by atoms with Crippen molar-refractivity contribution in [1.29, 1.82) is 0 Å². The van der Waals surface area contributed by atoms with Crippen LogP contribution < -0.4 is 16.9 Å². The van der Waals surface area contributed by atoms with Gasteiger partial charge in [-0.1, -0.05) is 0 Å². The molecule has 1 aliphatic rings. The predicted octanol–water partition coefficient (Wildman–Crippen LogP) is -1.76. The molecule has 12 heteroatoms. The number of halogens is 1. The van der Waals surface area contributed by atoms with Crippen molar-refractivity contribution >= 4 is 36.9 Å². The smallest absolute Gasteiger partial charge is 0.351 e. The van der Waals surface area contributed by atoms with Gasteiger partial charge in [0.2, 0.25) is 8.53 Å². The van der Waals surface area contributed by atoms with Crippen LogP contribution in [0.15, 0.2) is 11.0 Å². The van der Waals surface area contributed by atoms with Crippen LogP contribution in [0, 0.1) is 3.57 Å². The van der Waals surface area contributed by atoms with E-state index in [2.05, 4.69) is 4.98 Å². The molecule has 0 aromatic carbocycles. The van der Waals surface area contributed by atoms with Crippen molar-refractivity contribution in [2.45, 2.75) is 24.5 Å². The average Bonchev–Trinajstić information content (AvgIpc) is 2.68. The van der Waals surface area contributed by atoms with Crippen LogP contribution >= 0.6 is 31.1 Å². The standard InChI is InChI=1S/C9H14IN4O6P/c10-3-1-14(9(17)13-7(3)11)8-6(16)5(15)4(20-8)2-19-21(12)18/h1,4-6,8,15-16,18H,2,12H2,(H2,11,13,17)/t4-,5-,6-,8-,21?/m1/s1. The normalized spacial score (nSPS) is 30.5. The Hall–Kier alpha value is -0.400.